The number of halogens is 3. The van der Waals surface area contributed by atoms with Gasteiger partial charge in [0.05, 0.1) is 16.6 Å². The van der Waals surface area contributed by atoms with Gasteiger partial charge in [-0.15, -0.1) is 0 Å². The number of nitrogens with zero attached hydrogens (tertiary/aromatic N) is 1. The number of hydrogen-bond acceptors (Lipinski definition) is 2. The van der Waals surface area contributed by atoms with E-state index in [1.165, 1.54) is 12.1 Å². The number of aromatic nitrogens is 1. The third kappa shape index (κ3) is 4.95. The zero-order valence-electron chi connectivity index (χ0n) is 19.0. The number of carboxylic acids is 1. The van der Waals surface area contributed by atoms with Crippen LogP contribution in [-0.2, 0) is 17.5 Å². The SMILES string of the molecule is C[C@@H](CCC(=O)O)C1CC1(C)NC(=O)c1cccc2ccn(Cc3ccc(C(F)(F)F)cc3)c12. The molecule has 2 unspecified atom stereocenters. The van der Waals surface area contributed by atoms with Crippen LogP contribution in [0.5, 0.6) is 0 Å². The van der Waals surface area contributed by atoms with Gasteiger partial charge in [-0.3, -0.25) is 9.59 Å². The molecule has 3 aromatic rings. The molecule has 0 radical (unpaired) electrons. The van der Waals surface area contributed by atoms with Gasteiger partial charge >= 0.3 is 12.1 Å². The smallest absolute Gasteiger partial charge is 0.416 e. The van der Waals surface area contributed by atoms with Gasteiger partial charge in [0.1, 0.15) is 0 Å². The lowest BCUT2D eigenvalue weighted by atomic mass is 9.97. The second-order valence-corrected chi connectivity index (χ2v) is 9.47. The minimum absolute atomic E-state index is 0.110. The van der Waals surface area contributed by atoms with Gasteiger partial charge in [0.2, 0.25) is 0 Å². The third-order valence-electron chi connectivity index (χ3n) is 6.87. The van der Waals surface area contributed by atoms with Gasteiger partial charge < -0.3 is 15.0 Å². The molecule has 3 atom stereocenters. The van der Waals surface area contributed by atoms with Crippen molar-refractivity contribution in [2.45, 2.75) is 51.4 Å². The van der Waals surface area contributed by atoms with Crippen LogP contribution in [0.2, 0.25) is 0 Å². The molecule has 1 saturated carbocycles. The van der Waals surface area contributed by atoms with Gasteiger partial charge in [-0.1, -0.05) is 31.2 Å². The molecule has 1 aliphatic rings. The lowest BCUT2D eigenvalue weighted by molar-refractivity contribution is -0.138. The first-order chi connectivity index (χ1) is 16.0. The Bertz CT molecular complexity index is 1220. The molecule has 1 aromatic heterocycles. The fourth-order valence-electron chi connectivity index (χ4n) is 4.82. The molecule has 1 amide bonds. The van der Waals surface area contributed by atoms with E-state index in [2.05, 4.69) is 5.32 Å². The monoisotopic (exact) mass is 472 g/mol. The van der Waals surface area contributed by atoms with Crippen molar-refractivity contribution < 1.29 is 27.9 Å². The Hall–Kier alpha value is -3.29. The van der Waals surface area contributed by atoms with Gasteiger partial charge in [0.25, 0.3) is 5.91 Å². The van der Waals surface area contributed by atoms with Crippen LogP contribution in [0.4, 0.5) is 13.2 Å². The molecule has 5 nitrogen and oxygen atoms in total. The Morgan fingerprint density at radius 1 is 1.18 bits per heavy atom. The molecule has 2 aromatic carbocycles. The quantitative estimate of drug-likeness (QED) is 0.441. The molecular formula is C26H27F3N2O3. The summed E-state index contributed by atoms with van der Waals surface area (Å²) in [7, 11) is 0. The van der Waals surface area contributed by atoms with Crippen molar-refractivity contribution in [2.24, 2.45) is 11.8 Å². The van der Waals surface area contributed by atoms with E-state index in [4.69, 9.17) is 5.11 Å². The summed E-state index contributed by atoms with van der Waals surface area (Å²) < 4.78 is 40.5. The highest BCUT2D eigenvalue weighted by Crippen LogP contribution is 2.49. The average molecular weight is 473 g/mol. The van der Waals surface area contributed by atoms with E-state index in [1.807, 2.05) is 42.8 Å². The van der Waals surface area contributed by atoms with Crippen molar-refractivity contribution in [3.8, 4) is 0 Å². The molecule has 0 bridgehead atoms. The predicted octanol–water partition coefficient (Wildman–Crippen LogP) is 5.72. The number of fused-ring (bicyclic) bond motifs is 1. The summed E-state index contributed by atoms with van der Waals surface area (Å²) in [5.41, 5.74) is 0.835. The number of amides is 1. The number of aliphatic carboxylic acids is 1. The minimum atomic E-state index is -4.38. The summed E-state index contributed by atoms with van der Waals surface area (Å²) in [4.78, 5) is 24.1. The molecule has 1 heterocycles. The molecular weight excluding hydrogens is 445 g/mol. The van der Waals surface area contributed by atoms with Crippen LogP contribution in [0, 0.1) is 11.8 Å². The lowest BCUT2D eigenvalue weighted by Crippen LogP contribution is -2.37. The van der Waals surface area contributed by atoms with Crippen molar-refractivity contribution in [1.82, 2.24) is 9.88 Å². The number of carbonyl (C=O) groups is 2. The maximum Gasteiger partial charge on any atom is 0.416 e. The summed E-state index contributed by atoms with van der Waals surface area (Å²) in [6, 6.07) is 12.4. The van der Waals surface area contributed by atoms with Crippen molar-refractivity contribution >= 4 is 22.8 Å². The largest absolute Gasteiger partial charge is 0.481 e. The molecule has 1 fully saturated rings. The van der Waals surface area contributed by atoms with Crippen LogP contribution < -0.4 is 5.32 Å². The number of para-hydroxylation sites is 1. The van der Waals surface area contributed by atoms with Crippen molar-refractivity contribution in [1.29, 1.82) is 0 Å². The van der Waals surface area contributed by atoms with E-state index < -0.39 is 17.7 Å². The fraction of sp³-hybridized carbons (Fsp3) is 0.385. The Kier molecular flexibility index (Phi) is 6.18. The van der Waals surface area contributed by atoms with Crippen LogP contribution in [0.3, 0.4) is 0 Å². The summed E-state index contributed by atoms with van der Waals surface area (Å²) >= 11 is 0. The van der Waals surface area contributed by atoms with E-state index in [0.29, 0.717) is 24.1 Å². The molecule has 0 spiro atoms. The number of nitrogens with one attached hydrogen (secondary N) is 1. The van der Waals surface area contributed by atoms with Gasteiger partial charge in [0.15, 0.2) is 0 Å². The van der Waals surface area contributed by atoms with Crippen molar-refractivity contribution in [3.63, 3.8) is 0 Å². The fourth-order valence-corrected chi connectivity index (χ4v) is 4.82. The maximum atomic E-state index is 13.3. The normalized spacial score (nSPS) is 20.8. The molecule has 2 N–H and O–H groups in total. The van der Waals surface area contributed by atoms with Gasteiger partial charge in [0, 0.05) is 30.1 Å². The van der Waals surface area contributed by atoms with Crippen LogP contribution in [0.15, 0.2) is 54.7 Å². The summed E-state index contributed by atoms with van der Waals surface area (Å²) in [6.07, 6.45) is -1.09. The second-order valence-electron chi connectivity index (χ2n) is 9.47. The number of carboxylic acid groups (broad SMARTS) is 1. The molecule has 4 rings (SSSR count). The first-order valence-electron chi connectivity index (χ1n) is 11.3. The van der Waals surface area contributed by atoms with Crippen LogP contribution >= 0.6 is 0 Å². The molecule has 0 aliphatic heterocycles. The number of carbonyl (C=O) groups excluding carboxylic acids is 1. The van der Waals surface area contributed by atoms with E-state index in [-0.39, 0.29) is 29.7 Å². The maximum absolute atomic E-state index is 13.3. The summed E-state index contributed by atoms with van der Waals surface area (Å²) in [5.74, 6) is -0.637. The molecule has 1 aliphatic carbocycles. The van der Waals surface area contributed by atoms with Crippen LogP contribution in [0.1, 0.15) is 54.6 Å². The highest BCUT2D eigenvalue weighted by Gasteiger charge is 2.53. The first-order valence-corrected chi connectivity index (χ1v) is 11.3. The minimum Gasteiger partial charge on any atom is -0.481 e. The Balaban J connectivity index is 1.52. The predicted molar refractivity (Wildman–Crippen MR) is 122 cm³/mol. The summed E-state index contributed by atoms with van der Waals surface area (Å²) in [5, 5.41) is 12.9. The van der Waals surface area contributed by atoms with Gasteiger partial charge in [-0.2, -0.15) is 13.2 Å². The number of alkyl halides is 3. The van der Waals surface area contributed by atoms with E-state index in [1.54, 1.807) is 6.07 Å². The third-order valence-corrected chi connectivity index (χ3v) is 6.87. The molecule has 180 valence electrons. The van der Waals surface area contributed by atoms with Crippen molar-refractivity contribution in [3.05, 3.63) is 71.4 Å². The number of rotatable bonds is 8. The van der Waals surface area contributed by atoms with Crippen molar-refractivity contribution in [2.75, 3.05) is 0 Å². The van der Waals surface area contributed by atoms with Crippen LogP contribution in [-0.4, -0.2) is 27.1 Å². The van der Waals surface area contributed by atoms with E-state index in [9.17, 15) is 22.8 Å². The molecule has 8 heteroatoms. The van der Waals surface area contributed by atoms with Crippen LogP contribution in [0.25, 0.3) is 10.9 Å². The first kappa shape index (κ1) is 23.9. The molecule has 34 heavy (non-hydrogen) atoms. The van der Waals surface area contributed by atoms with Gasteiger partial charge in [-0.25, -0.2) is 0 Å². The second kappa shape index (κ2) is 8.81. The van der Waals surface area contributed by atoms with E-state index in [0.717, 1.165) is 29.5 Å². The standard InChI is InChI=1S/C26H27F3N2O3/c1-16(6-11-22(32)33)21-14-25(21,2)30-24(34)20-5-3-4-18-12-13-31(23(18)20)15-17-7-9-19(10-8-17)26(27,28)29/h3-5,7-10,12-13,16,21H,6,11,14-15H2,1-2H3,(H,30,34)(H,32,33)/t16-,21?,25?/m0/s1. The van der Waals surface area contributed by atoms with E-state index >= 15 is 0 Å². The number of hydrogen-bond donors (Lipinski definition) is 2. The highest BCUT2D eigenvalue weighted by molar-refractivity contribution is 6.06. The zero-order valence-corrected chi connectivity index (χ0v) is 19.0. The zero-order chi connectivity index (χ0) is 24.7. The Morgan fingerprint density at radius 3 is 2.53 bits per heavy atom. The average Bonchev–Trinajstić information content (AvgIpc) is 3.27. The highest BCUT2D eigenvalue weighted by atomic mass is 19.4. The van der Waals surface area contributed by atoms with Gasteiger partial charge in [-0.05, 0) is 61.4 Å². The summed E-state index contributed by atoms with van der Waals surface area (Å²) in [6.45, 7) is 4.33. The molecule has 0 saturated heterocycles. The Morgan fingerprint density at radius 2 is 1.88 bits per heavy atom. The number of benzene rings is 2. The lowest BCUT2D eigenvalue weighted by Gasteiger charge is -2.19. The topological polar surface area (TPSA) is 71.3 Å². The Labute approximate surface area is 195 Å².